The second kappa shape index (κ2) is 5.39. The number of ether oxygens (including phenoxy) is 1. The molecule has 0 aliphatic rings. The van der Waals surface area contributed by atoms with Gasteiger partial charge in [0.1, 0.15) is 11.4 Å². The van der Waals surface area contributed by atoms with Crippen molar-refractivity contribution in [2.45, 2.75) is 0 Å². The van der Waals surface area contributed by atoms with E-state index in [0.717, 1.165) is 16.8 Å². The van der Waals surface area contributed by atoms with Gasteiger partial charge in [-0.3, -0.25) is 0 Å². The van der Waals surface area contributed by atoms with E-state index in [1.807, 2.05) is 48.5 Å². The maximum atomic E-state index is 5.28. The molecule has 84 valence electrons. The molecular weight excluding hydrogens is 230 g/mol. The van der Waals surface area contributed by atoms with Crippen molar-refractivity contribution < 1.29 is 4.74 Å². The Morgan fingerprint density at radius 2 is 1.82 bits per heavy atom. The molecule has 0 aliphatic heterocycles. The number of methoxy groups -OCH3 is 1. The van der Waals surface area contributed by atoms with Gasteiger partial charge >= 0.3 is 0 Å². The van der Waals surface area contributed by atoms with Crippen molar-refractivity contribution in [1.29, 1.82) is 0 Å². The summed E-state index contributed by atoms with van der Waals surface area (Å²) >= 11 is 4.68. The van der Waals surface area contributed by atoms with Gasteiger partial charge in [-0.2, -0.15) is 4.99 Å². The van der Waals surface area contributed by atoms with Gasteiger partial charge in [0.2, 0.25) is 0 Å². The second-order valence-electron chi connectivity index (χ2n) is 3.43. The zero-order valence-corrected chi connectivity index (χ0v) is 10.2. The number of aliphatic imine (C=N–C) groups is 1. The van der Waals surface area contributed by atoms with Gasteiger partial charge < -0.3 is 4.74 Å². The predicted octanol–water partition coefficient (Wildman–Crippen LogP) is 4.10. The minimum atomic E-state index is 0.698. The molecule has 0 saturated heterocycles. The molecule has 0 spiro atoms. The molecule has 0 atom stereocenters. The summed E-state index contributed by atoms with van der Waals surface area (Å²) < 4.78 is 5.28. The third-order valence-corrected chi connectivity index (χ3v) is 2.55. The number of rotatable bonds is 3. The van der Waals surface area contributed by atoms with Crippen LogP contribution in [-0.2, 0) is 0 Å². The van der Waals surface area contributed by atoms with Crippen LogP contribution in [0.1, 0.15) is 0 Å². The fourth-order valence-corrected chi connectivity index (χ4v) is 1.79. The van der Waals surface area contributed by atoms with Crippen LogP contribution in [0.15, 0.2) is 53.5 Å². The molecule has 2 nitrogen and oxygen atoms in total. The smallest absolute Gasteiger partial charge is 0.145 e. The van der Waals surface area contributed by atoms with E-state index in [1.165, 1.54) is 0 Å². The highest BCUT2D eigenvalue weighted by molar-refractivity contribution is 7.78. The molecule has 0 fully saturated rings. The van der Waals surface area contributed by atoms with Crippen molar-refractivity contribution in [2.75, 3.05) is 7.11 Å². The Balaban J connectivity index is 2.65. The van der Waals surface area contributed by atoms with Gasteiger partial charge in [-0.15, -0.1) is 0 Å². The lowest BCUT2D eigenvalue weighted by Gasteiger charge is -2.09. The summed E-state index contributed by atoms with van der Waals surface area (Å²) in [6, 6.07) is 15.8. The third-order valence-electron chi connectivity index (χ3n) is 2.46. The molecule has 0 N–H and O–H groups in total. The first-order chi connectivity index (χ1) is 8.36. The molecule has 0 aliphatic carbocycles. The first kappa shape index (κ1) is 11.5. The number of isothiocyanates is 1. The largest absolute Gasteiger partial charge is 0.494 e. The zero-order valence-electron chi connectivity index (χ0n) is 9.38. The number of hydrogen-bond donors (Lipinski definition) is 0. The van der Waals surface area contributed by atoms with Crippen LogP contribution in [0.5, 0.6) is 5.75 Å². The fraction of sp³-hybridized carbons (Fsp3) is 0.0714. The van der Waals surface area contributed by atoms with Crippen molar-refractivity contribution in [3.8, 4) is 16.9 Å². The molecule has 0 saturated carbocycles. The predicted molar refractivity (Wildman–Crippen MR) is 73.1 cm³/mol. The van der Waals surface area contributed by atoms with E-state index in [-0.39, 0.29) is 0 Å². The Morgan fingerprint density at radius 1 is 1.06 bits per heavy atom. The molecule has 0 amide bonds. The van der Waals surface area contributed by atoms with Gasteiger partial charge in [-0.25, -0.2) is 0 Å². The topological polar surface area (TPSA) is 21.6 Å². The SMILES string of the molecule is COc1cccc(-c2ccccc2)c1N=C=S. The highest BCUT2D eigenvalue weighted by atomic mass is 32.1. The molecule has 0 bridgehead atoms. The Bertz CT molecular complexity index is 560. The Kier molecular flexibility index (Phi) is 3.66. The number of hydrogen-bond acceptors (Lipinski definition) is 3. The molecule has 0 radical (unpaired) electrons. The van der Waals surface area contributed by atoms with Gasteiger partial charge in [0.15, 0.2) is 0 Å². The van der Waals surface area contributed by atoms with E-state index >= 15 is 0 Å². The van der Waals surface area contributed by atoms with Crippen molar-refractivity contribution in [1.82, 2.24) is 0 Å². The van der Waals surface area contributed by atoms with Crippen molar-refractivity contribution in [2.24, 2.45) is 4.99 Å². The van der Waals surface area contributed by atoms with Crippen LogP contribution in [0.3, 0.4) is 0 Å². The lowest BCUT2D eigenvalue weighted by atomic mass is 10.0. The first-order valence-electron chi connectivity index (χ1n) is 5.17. The molecular formula is C14H11NOS. The van der Waals surface area contributed by atoms with E-state index in [9.17, 15) is 0 Å². The number of benzene rings is 2. The first-order valence-corrected chi connectivity index (χ1v) is 5.58. The average Bonchev–Trinajstić information content (AvgIpc) is 2.40. The van der Waals surface area contributed by atoms with Crippen LogP contribution in [0.25, 0.3) is 11.1 Å². The van der Waals surface area contributed by atoms with Gasteiger partial charge in [0.05, 0.1) is 12.3 Å². The van der Waals surface area contributed by atoms with E-state index in [1.54, 1.807) is 7.11 Å². The van der Waals surface area contributed by atoms with Gasteiger partial charge in [0.25, 0.3) is 0 Å². The standard InChI is InChI=1S/C14H11NOS/c1-16-13-9-5-8-12(14(13)15-10-17)11-6-3-2-4-7-11/h2-9H,1H3. The third kappa shape index (κ3) is 2.41. The maximum Gasteiger partial charge on any atom is 0.145 e. The second-order valence-corrected chi connectivity index (χ2v) is 3.61. The van der Waals surface area contributed by atoms with Crippen LogP contribution in [-0.4, -0.2) is 12.3 Å². The normalized spacial score (nSPS) is 9.47. The summed E-state index contributed by atoms with van der Waals surface area (Å²) in [6.45, 7) is 0. The van der Waals surface area contributed by atoms with Crippen LogP contribution < -0.4 is 4.74 Å². The molecule has 3 heteroatoms. The van der Waals surface area contributed by atoms with Gasteiger partial charge in [-0.1, -0.05) is 42.5 Å². The van der Waals surface area contributed by atoms with Crippen LogP contribution in [0.2, 0.25) is 0 Å². The van der Waals surface area contributed by atoms with Crippen molar-refractivity contribution in [3.05, 3.63) is 48.5 Å². The lowest BCUT2D eigenvalue weighted by Crippen LogP contribution is -1.86. The lowest BCUT2D eigenvalue weighted by molar-refractivity contribution is 0.416. The molecule has 2 aromatic rings. The molecule has 17 heavy (non-hydrogen) atoms. The quantitative estimate of drug-likeness (QED) is 0.596. The van der Waals surface area contributed by atoms with E-state index in [4.69, 9.17) is 4.74 Å². The zero-order chi connectivity index (χ0) is 12.1. The van der Waals surface area contributed by atoms with E-state index < -0.39 is 0 Å². The highest BCUT2D eigenvalue weighted by Crippen LogP contribution is 2.37. The Labute approximate surface area is 106 Å². The molecule has 2 rings (SSSR count). The molecule has 0 heterocycles. The summed E-state index contributed by atoms with van der Waals surface area (Å²) in [5.74, 6) is 0.698. The minimum Gasteiger partial charge on any atom is -0.494 e. The maximum absolute atomic E-state index is 5.28. The number of nitrogens with zero attached hydrogens (tertiary/aromatic N) is 1. The summed E-state index contributed by atoms with van der Waals surface area (Å²) in [6.07, 6.45) is 0. The van der Waals surface area contributed by atoms with E-state index in [0.29, 0.717) is 5.75 Å². The van der Waals surface area contributed by atoms with Crippen molar-refractivity contribution >= 4 is 23.1 Å². The number of para-hydroxylation sites is 1. The summed E-state index contributed by atoms with van der Waals surface area (Å²) in [7, 11) is 1.62. The highest BCUT2D eigenvalue weighted by Gasteiger charge is 2.09. The number of thiocarbonyl (C=S) groups is 1. The monoisotopic (exact) mass is 241 g/mol. The van der Waals surface area contributed by atoms with Gasteiger partial charge in [0, 0.05) is 5.56 Å². The average molecular weight is 241 g/mol. The molecule has 0 unspecified atom stereocenters. The van der Waals surface area contributed by atoms with Crippen LogP contribution >= 0.6 is 12.2 Å². The summed E-state index contributed by atoms with van der Waals surface area (Å²) in [4.78, 5) is 4.09. The Morgan fingerprint density at radius 3 is 2.47 bits per heavy atom. The fourth-order valence-electron chi connectivity index (χ4n) is 1.70. The summed E-state index contributed by atoms with van der Waals surface area (Å²) in [5.41, 5.74) is 2.79. The summed E-state index contributed by atoms with van der Waals surface area (Å²) in [5, 5.41) is 2.40. The van der Waals surface area contributed by atoms with Crippen LogP contribution in [0, 0.1) is 0 Å². The Hall–Kier alpha value is -1.96. The van der Waals surface area contributed by atoms with Crippen molar-refractivity contribution in [3.63, 3.8) is 0 Å². The van der Waals surface area contributed by atoms with Gasteiger partial charge in [-0.05, 0) is 23.8 Å². The molecule has 0 aromatic heterocycles. The van der Waals surface area contributed by atoms with E-state index in [2.05, 4.69) is 22.4 Å². The minimum absolute atomic E-state index is 0.698. The molecule has 2 aromatic carbocycles. The van der Waals surface area contributed by atoms with Crippen LogP contribution in [0.4, 0.5) is 5.69 Å².